The van der Waals surface area contributed by atoms with Gasteiger partial charge in [0.05, 0.1) is 17.0 Å². The third-order valence-corrected chi connectivity index (χ3v) is 5.30. The lowest BCUT2D eigenvalue weighted by Crippen LogP contribution is -2.40. The maximum Gasteiger partial charge on any atom is 0.280 e. The third-order valence-electron chi connectivity index (χ3n) is 5.30. The van der Waals surface area contributed by atoms with E-state index in [2.05, 4.69) is 10.4 Å². The van der Waals surface area contributed by atoms with Crippen LogP contribution in [-0.4, -0.2) is 28.8 Å². The summed E-state index contributed by atoms with van der Waals surface area (Å²) in [6, 6.07) is 7.30. The second-order valence-electron chi connectivity index (χ2n) is 7.10. The van der Waals surface area contributed by atoms with Gasteiger partial charge in [0.25, 0.3) is 5.56 Å². The molecule has 25 heavy (non-hydrogen) atoms. The van der Waals surface area contributed by atoms with Crippen molar-refractivity contribution >= 4 is 16.8 Å². The quantitative estimate of drug-likeness (QED) is 0.927. The number of hydrogen-bond donors (Lipinski definition) is 1. The van der Waals surface area contributed by atoms with Crippen molar-refractivity contribution in [3.63, 3.8) is 0 Å². The number of nitrogens with one attached hydrogen (secondary N) is 1. The summed E-state index contributed by atoms with van der Waals surface area (Å²) >= 11 is 0. The van der Waals surface area contributed by atoms with Gasteiger partial charge in [0.2, 0.25) is 5.91 Å². The second-order valence-corrected chi connectivity index (χ2v) is 7.10. The Bertz CT molecular complexity index is 857. The molecular weight excluding hydrogens is 318 g/mol. The van der Waals surface area contributed by atoms with E-state index < -0.39 is 0 Å². The molecule has 2 aromatic rings. The second kappa shape index (κ2) is 6.59. The normalized spacial score (nSPS) is 23.6. The van der Waals surface area contributed by atoms with Crippen molar-refractivity contribution < 1.29 is 9.53 Å². The van der Waals surface area contributed by atoms with Crippen LogP contribution in [-0.2, 0) is 9.53 Å². The Balaban J connectivity index is 1.66. The number of fused-ring (bicyclic) bond motifs is 1. The molecule has 0 saturated heterocycles. The molecule has 2 aliphatic carbocycles. The number of ether oxygens (including phenoxy) is 1. The number of methoxy groups -OCH3 is 1. The minimum atomic E-state index is -0.194. The van der Waals surface area contributed by atoms with Crippen molar-refractivity contribution in [2.45, 2.75) is 50.5 Å². The van der Waals surface area contributed by atoms with Crippen molar-refractivity contribution in [2.75, 3.05) is 12.5 Å². The molecule has 1 amide bonds. The van der Waals surface area contributed by atoms with Crippen LogP contribution in [0.25, 0.3) is 10.9 Å². The number of para-hydroxylation sites is 1. The van der Waals surface area contributed by atoms with Crippen LogP contribution in [0.5, 0.6) is 0 Å². The summed E-state index contributed by atoms with van der Waals surface area (Å²) in [7, 11) is 1.69. The Morgan fingerprint density at radius 3 is 2.80 bits per heavy atom. The van der Waals surface area contributed by atoms with Gasteiger partial charge in [-0.1, -0.05) is 18.6 Å². The fourth-order valence-electron chi connectivity index (χ4n) is 3.67. The van der Waals surface area contributed by atoms with E-state index in [4.69, 9.17) is 4.74 Å². The third kappa shape index (κ3) is 3.18. The Labute approximate surface area is 146 Å². The standard InChI is InChI=1S/C19H23N3O3/c1-25-14-6-4-5-13(11-14)18(23)21-22-17(12-9-10-12)20-16-8-3-2-7-15(16)19(22)24/h2-3,7-8,12-14H,4-6,9-11H2,1H3,(H,21,23)/t13-,14-/m0/s1. The highest BCUT2D eigenvalue weighted by molar-refractivity contribution is 5.87. The zero-order chi connectivity index (χ0) is 17.4. The lowest BCUT2D eigenvalue weighted by molar-refractivity contribution is -0.123. The smallest absolute Gasteiger partial charge is 0.280 e. The number of carbonyl (C=O) groups is 1. The van der Waals surface area contributed by atoms with Gasteiger partial charge in [0, 0.05) is 18.9 Å². The van der Waals surface area contributed by atoms with Gasteiger partial charge in [0.15, 0.2) is 0 Å². The predicted octanol–water partition coefficient (Wildman–Crippen LogP) is 2.55. The van der Waals surface area contributed by atoms with Crippen molar-refractivity contribution in [1.29, 1.82) is 0 Å². The number of amides is 1. The molecule has 4 rings (SSSR count). The predicted molar refractivity (Wildman–Crippen MR) is 95.1 cm³/mol. The van der Waals surface area contributed by atoms with Crippen molar-refractivity contribution in [1.82, 2.24) is 9.66 Å². The highest BCUT2D eigenvalue weighted by Gasteiger charge is 2.32. The zero-order valence-corrected chi connectivity index (χ0v) is 14.4. The number of nitrogens with zero attached hydrogens (tertiary/aromatic N) is 2. The van der Waals surface area contributed by atoms with E-state index in [1.807, 2.05) is 18.2 Å². The van der Waals surface area contributed by atoms with Gasteiger partial charge >= 0.3 is 0 Å². The summed E-state index contributed by atoms with van der Waals surface area (Å²) in [6.45, 7) is 0. The monoisotopic (exact) mass is 341 g/mol. The van der Waals surface area contributed by atoms with Crippen LogP contribution in [0.15, 0.2) is 29.1 Å². The van der Waals surface area contributed by atoms with Crippen molar-refractivity contribution in [2.24, 2.45) is 5.92 Å². The van der Waals surface area contributed by atoms with Crippen LogP contribution in [0, 0.1) is 5.92 Å². The fourth-order valence-corrected chi connectivity index (χ4v) is 3.67. The molecule has 0 unspecified atom stereocenters. The SMILES string of the molecule is CO[C@H]1CCC[C@H](C(=O)Nn2c(C3CC3)nc3ccccc3c2=O)C1. The van der Waals surface area contributed by atoms with Crippen LogP contribution < -0.4 is 11.0 Å². The topological polar surface area (TPSA) is 73.2 Å². The largest absolute Gasteiger partial charge is 0.381 e. The van der Waals surface area contributed by atoms with E-state index in [9.17, 15) is 9.59 Å². The number of rotatable bonds is 4. The van der Waals surface area contributed by atoms with E-state index in [0.717, 1.165) is 32.1 Å². The summed E-state index contributed by atoms with van der Waals surface area (Å²) < 4.78 is 6.80. The Morgan fingerprint density at radius 2 is 2.04 bits per heavy atom. The molecular formula is C19H23N3O3. The molecule has 0 bridgehead atoms. The summed E-state index contributed by atoms with van der Waals surface area (Å²) in [5, 5.41) is 0.533. The maximum atomic E-state index is 12.9. The van der Waals surface area contributed by atoms with Gasteiger partial charge in [-0.05, 0) is 44.2 Å². The summed E-state index contributed by atoms with van der Waals surface area (Å²) in [4.78, 5) is 30.3. The summed E-state index contributed by atoms with van der Waals surface area (Å²) in [5.41, 5.74) is 3.35. The average molecular weight is 341 g/mol. The van der Waals surface area contributed by atoms with Gasteiger partial charge in [0.1, 0.15) is 5.82 Å². The highest BCUT2D eigenvalue weighted by atomic mass is 16.5. The lowest BCUT2D eigenvalue weighted by atomic mass is 9.87. The molecule has 0 aliphatic heterocycles. The molecule has 132 valence electrons. The van der Waals surface area contributed by atoms with Gasteiger partial charge in [-0.3, -0.25) is 15.0 Å². The van der Waals surface area contributed by atoms with Gasteiger partial charge in [-0.15, -0.1) is 0 Å². The molecule has 2 atom stereocenters. The van der Waals surface area contributed by atoms with E-state index in [1.54, 1.807) is 13.2 Å². The minimum Gasteiger partial charge on any atom is -0.381 e. The Morgan fingerprint density at radius 1 is 1.24 bits per heavy atom. The Hall–Kier alpha value is -2.21. The first-order valence-corrected chi connectivity index (χ1v) is 9.02. The van der Waals surface area contributed by atoms with Gasteiger partial charge in [-0.25, -0.2) is 9.66 Å². The molecule has 6 heteroatoms. The lowest BCUT2D eigenvalue weighted by Gasteiger charge is -2.27. The van der Waals surface area contributed by atoms with Crippen LogP contribution in [0.3, 0.4) is 0 Å². The maximum absolute atomic E-state index is 12.9. The first-order chi connectivity index (χ1) is 12.2. The van der Waals surface area contributed by atoms with E-state index in [1.165, 1.54) is 4.68 Å². The molecule has 0 radical (unpaired) electrons. The average Bonchev–Trinajstić information content (AvgIpc) is 3.49. The zero-order valence-electron chi connectivity index (χ0n) is 14.4. The van der Waals surface area contributed by atoms with Crippen LogP contribution in [0.4, 0.5) is 0 Å². The molecule has 1 aromatic carbocycles. The highest BCUT2D eigenvalue weighted by Crippen LogP contribution is 2.38. The van der Waals surface area contributed by atoms with E-state index in [0.29, 0.717) is 23.1 Å². The molecule has 2 fully saturated rings. The first kappa shape index (κ1) is 16.3. The molecule has 1 N–H and O–H groups in total. The molecule has 1 aromatic heterocycles. The van der Waals surface area contributed by atoms with Crippen LogP contribution in [0.1, 0.15) is 50.3 Å². The van der Waals surface area contributed by atoms with E-state index >= 15 is 0 Å². The molecule has 2 saturated carbocycles. The molecule has 2 aliphatic rings. The number of aromatic nitrogens is 2. The number of hydrogen-bond acceptors (Lipinski definition) is 4. The van der Waals surface area contributed by atoms with Crippen molar-refractivity contribution in [3.8, 4) is 0 Å². The first-order valence-electron chi connectivity index (χ1n) is 9.02. The summed E-state index contributed by atoms with van der Waals surface area (Å²) in [6.07, 6.45) is 5.64. The molecule has 1 heterocycles. The fraction of sp³-hybridized carbons (Fsp3) is 0.526. The van der Waals surface area contributed by atoms with Crippen LogP contribution in [0.2, 0.25) is 0 Å². The van der Waals surface area contributed by atoms with Crippen LogP contribution >= 0.6 is 0 Å². The van der Waals surface area contributed by atoms with Gasteiger partial charge in [-0.2, -0.15) is 0 Å². The van der Waals surface area contributed by atoms with Crippen molar-refractivity contribution in [3.05, 3.63) is 40.4 Å². The summed E-state index contributed by atoms with van der Waals surface area (Å²) in [5.74, 6) is 0.707. The molecule has 6 nitrogen and oxygen atoms in total. The van der Waals surface area contributed by atoms with E-state index in [-0.39, 0.29) is 29.4 Å². The van der Waals surface area contributed by atoms with Gasteiger partial charge < -0.3 is 4.74 Å². The minimum absolute atomic E-state index is 0.108. The molecule has 0 spiro atoms. The number of benzene rings is 1. The Kier molecular flexibility index (Phi) is 4.29. The number of carbonyl (C=O) groups excluding carboxylic acids is 1.